The van der Waals surface area contributed by atoms with Gasteiger partial charge in [-0.3, -0.25) is 14.5 Å². The third-order valence-electron chi connectivity index (χ3n) is 6.60. The second kappa shape index (κ2) is 8.01. The molecule has 0 N–H and O–H groups in total. The van der Waals surface area contributed by atoms with Crippen LogP contribution in [0.5, 0.6) is 0 Å². The normalized spacial score (nSPS) is 22.6. The highest BCUT2D eigenvalue weighted by Crippen LogP contribution is 2.29. The number of carbonyl (C=O) groups is 2. The standard InChI is InChI=1S/C22H31N3O2/c1-17(21(26)25-16-11-18-7-3-4-8-20(18)25)23-14-9-19(10-15-23)22(27)24-12-5-2-6-13-24/h3-4,7-8,17,19H,2,5-6,9-16H2,1H3. The van der Waals surface area contributed by atoms with Crippen LogP contribution in [0.3, 0.4) is 0 Å². The first-order valence-corrected chi connectivity index (χ1v) is 10.6. The zero-order valence-electron chi connectivity index (χ0n) is 16.4. The topological polar surface area (TPSA) is 43.9 Å². The summed E-state index contributed by atoms with van der Waals surface area (Å²) in [5.74, 6) is 0.691. The van der Waals surface area contributed by atoms with Crippen molar-refractivity contribution >= 4 is 17.5 Å². The highest BCUT2D eigenvalue weighted by molar-refractivity contribution is 5.98. The number of benzene rings is 1. The van der Waals surface area contributed by atoms with Gasteiger partial charge < -0.3 is 9.80 Å². The van der Waals surface area contributed by atoms with E-state index in [4.69, 9.17) is 0 Å². The Kier molecular flexibility index (Phi) is 5.48. The number of hydrogen-bond acceptors (Lipinski definition) is 3. The van der Waals surface area contributed by atoms with E-state index in [0.717, 1.165) is 70.5 Å². The smallest absolute Gasteiger partial charge is 0.244 e. The van der Waals surface area contributed by atoms with Crippen LogP contribution in [0.4, 0.5) is 5.69 Å². The Hall–Kier alpha value is -1.88. The van der Waals surface area contributed by atoms with Crippen LogP contribution in [0.1, 0.15) is 44.6 Å². The van der Waals surface area contributed by atoms with Gasteiger partial charge in [0, 0.05) is 31.2 Å². The first-order chi connectivity index (χ1) is 13.1. The number of piperidine rings is 2. The molecule has 3 aliphatic heterocycles. The number of para-hydroxylation sites is 1. The van der Waals surface area contributed by atoms with Crippen molar-refractivity contribution in [1.82, 2.24) is 9.80 Å². The first-order valence-electron chi connectivity index (χ1n) is 10.6. The molecule has 3 aliphatic rings. The Bertz CT molecular complexity index is 691. The summed E-state index contributed by atoms with van der Waals surface area (Å²) in [5.41, 5.74) is 2.34. The Morgan fingerprint density at radius 1 is 0.963 bits per heavy atom. The van der Waals surface area contributed by atoms with Crippen molar-refractivity contribution in [3.05, 3.63) is 29.8 Å². The number of likely N-dealkylation sites (tertiary alicyclic amines) is 2. The zero-order chi connectivity index (χ0) is 18.8. The average molecular weight is 370 g/mol. The maximum atomic E-state index is 13.1. The van der Waals surface area contributed by atoms with Gasteiger partial charge in [-0.05, 0) is 70.2 Å². The number of rotatable bonds is 3. The number of amides is 2. The summed E-state index contributed by atoms with van der Waals surface area (Å²) in [6, 6.07) is 8.09. The van der Waals surface area contributed by atoms with Gasteiger partial charge in [-0.25, -0.2) is 0 Å². The first kappa shape index (κ1) is 18.5. The van der Waals surface area contributed by atoms with E-state index in [1.54, 1.807) is 0 Å². The fourth-order valence-corrected chi connectivity index (χ4v) is 4.86. The lowest BCUT2D eigenvalue weighted by atomic mass is 9.93. The molecule has 146 valence electrons. The van der Waals surface area contributed by atoms with Crippen molar-refractivity contribution < 1.29 is 9.59 Å². The summed E-state index contributed by atoms with van der Waals surface area (Å²) in [6.07, 6.45) is 6.25. The van der Waals surface area contributed by atoms with E-state index in [1.807, 2.05) is 24.0 Å². The van der Waals surface area contributed by atoms with Crippen LogP contribution in [-0.4, -0.2) is 60.4 Å². The van der Waals surface area contributed by atoms with Crippen molar-refractivity contribution in [2.45, 2.75) is 51.5 Å². The van der Waals surface area contributed by atoms with Crippen molar-refractivity contribution in [3.8, 4) is 0 Å². The third-order valence-corrected chi connectivity index (χ3v) is 6.60. The second-order valence-electron chi connectivity index (χ2n) is 8.24. The summed E-state index contributed by atoms with van der Waals surface area (Å²) in [5, 5.41) is 0. The molecule has 0 bridgehead atoms. The zero-order valence-corrected chi connectivity index (χ0v) is 16.4. The Morgan fingerprint density at radius 2 is 1.67 bits per heavy atom. The lowest BCUT2D eigenvalue weighted by Crippen LogP contribution is -2.51. The average Bonchev–Trinajstić information content (AvgIpc) is 3.17. The summed E-state index contributed by atoms with van der Waals surface area (Å²) in [7, 11) is 0. The van der Waals surface area contributed by atoms with Crippen LogP contribution in [0.2, 0.25) is 0 Å². The summed E-state index contributed by atoms with van der Waals surface area (Å²) in [4.78, 5) is 32.1. The highest BCUT2D eigenvalue weighted by Gasteiger charge is 2.35. The number of fused-ring (bicyclic) bond motifs is 1. The van der Waals surface area contributed by atoms with Crippen LogP contribution in [0, 0.1) is 5.92 Å². The van der Waals surface area contributed by atoms with Crippen LogP contribution in [-0.2, 0) is 16.0 Å². The fraction of sp³-hybridized carbons (Fsp3) is 0.636. The number of nitrogens with zero attached hydrogens (tertiary/aromatic N) is 3. The second-order valence-corrected chi connectivity index (χ2v) is 8.24. The summed E-state index contributed by atoms with van der Waals surface area (Å²) >= 11 is 0. The molecule has 0 saturated carbocycles. The molecule has 3 heterocycles. The monoisotopic (exact) mass is 369 g/mol. The van der Waals surface area contributed by atoms with Gasteiger partial charge in [0.25, 0.3) is 0 Å². The van der Waals surface area contributed by atoms with Crippen molar-refractivity contribution in [2.75, 3.05) is 37.6 Å². The predicted octanol–water partition coefficient (Wildman–Crippen LogP) is 2.69. The minimum atomic E-state index is -0.123. The minimum absolute atomic E-state index is 0.123. The van der Waals surface area contributed by atoms with Gasteiger partial charge in [0.2, 0.25) is 11.8 Å². The molecule has 1 atom stereocenters. The molecule has 0 spiro atoms. The predicted molar refractivity (Wildman–Crippen MR) is 107 cm³/mol. The van der Waals surface area contributed by atoms with E-state index in [9.17, 15) is 9.59 Å². The van der Waals surface area contributed by atoms with E-state index in [-0.39, 0.29) is 17.9 Å². The Morgan fingerprint density at radius 3 is 2.41 bits per heavy atom. The molecule has 2 amide bonds. The van der Waals surface area contributed by atoms with Crippen molar-refractivity contribution in [3.63, 3.8) is 0 Å². The van der Waals surface area contributed by atoms with Crippen molar-refractivity contribution in [1.29, 1.82) is 0 Å². The van der Waals surface area contributed by atoms with E-state index >= 15 is 0 Å². The molecule has 1 aromatic rings. The maximum absolute atomic E-state index is 13.1. The molecular formula is C22H31N3O2. The molecule has 1 aromatic carbocycles. The molecule has 1 unspecified atom stereocenters. The molecular weight excluding hydrogens is 338 g/mol. The van der Waals surface area contributed by atoms with Gasteiger partial charge in [-0.1, -0.05) is 18.2 Å². The van der Waals surface area contributed by atoms with Gasteiger partial charge in [0.1, 0.15) is 0 Å². The van der Waals surface area contributed by atoms with Crippen LogP contribution >= 0.6 is 0 Å². The summed E-state index contributed by atoms with van der Waals surface area (Å²) in [6.45, 7) is 6.35. The molecule has 0 aromatic heterocycles. The fourth-order valence-electron chi connectivity index (χ4n) is 4.86. The number of carbonyl (C=O) groups excluding carboxylic acids is 2. The highest BCUT2D eigenvalue weighted by atomic mass is 16.2. The lowest BCUT2D eigenvalue weighted by molar-refractivity contribution is -0.138. The van der Waals surface area contributed by atoms with E-state index in [2.05, 4.69) is 21.9 Å². The Balaban J connectivity index is 1.33. The third kappa shape index (κ3) is 3.75. The lowest BCUT2D eigenvalue weighted by Gasteiger charge is -2.38. The van der Waals surface area contributed by atoms with Gasteiger partial charge in [-0.15, -0.1) is 0 Å². The van der Waals surface area contributed by atoms with E-state index in [0.29, 0.717) is 5.91 Å². The van der Waals surface area contributed by atoms with Crippen LogP contribution in [0.25, 0.3) is 0 Å². The van der Waals surface area contributed by atoms with Gasteiger partial charge in [0.15, 0.2) is 0 Å². The number of hydrogen-bond donors (Lipinski definition) is 0. The van der Waals surface area contributed by atoms with Crippen LogP contribution < -0.4 is 4.90 Å². The number of anilines is 1. The SMILES string of the molecule is CC(C(=O)N1CCc2ccccc21)N1CCC(C(=O)N2CCCCC2)CC1. The molecule has 0 aliphatic carbocycles. The molecule has 2 saturated heterocycles. The molecule has 4 rings (SSSR count). The van der Waals surface area contributed by atoms with E-state index < -0.39 is 0 Å². The molecule has 2 fully saturated rings. The van der Waals surface area contributed by atoms with Gasteiger partial charge >= 0.3 is 0 Å². The molecule has 5 nitrogen and oxygen atoms in total. The van der Waals surface area contributed by atoms with Gasteiger partial charge in [-0.2, -0.15) is 0 Å². The molecule has 0 radical (unpaired) electrons. The quantitative estimate of drug-likeness (QED) is 0.823. The molecule has 5 heteroatoms. The summed E-state index contributed by atoms with van der Waals surface area (Å²) < 4.78 is 0. The van der Waals surface area contributed by atoms with E-state index in [1.165, 1.54) is 12.0 Å². The largest absolute Gasteiger partial charge is 0.342 e. The van der Waals surface area contributed by atoms with Crippen LogP contribution in [0.15, 0.2) is 24.3 Å². The maximum Gasteiger partial charge on any atom is 0.244 e. The van der Waals surface area contributed by atoms with Crippen molar-refractivity contribution in [2.24, 2.45) is 5.92 Å². The van der Waals surface area contributed by atoms with Gasteiger partial charge in [0.05, 0.1) is 6.04 Å². The Labute approximate surface area is 162 Å². The molecule has 27 heavy (non-hydrogen) atoms. The minimum Gasteiger partial charge on any atom is -0.342 e.